The lowest BCUT2D eigenvalue weighted by molar-refractivity contribution is 0.157. The second-order valence-electron chi connectivity index (χ2n) is 20.0. The van der Waals surface area contributed by atoms with Crippen molar-refractivity contribution >= 4 is 0 Å². The van der Waals surface area contributed by atoms with Gasteiger partial charge in [0, 0.05) is 0 Å². The predicted molar refractivity (Wildman–Crippen MR) is 226 cm³/mol. The van der Waals surface area contributed by atoms with E-state index in [1.807, 2.05) is 0 Å². The molecule has 0 amide bonds. The third-order valence-corrected chi connectivity index (χ3v) is 9.28. The Morgan fingerprint density at radius 1 is 0.423 bits per heavy atom. The summed E-state index contributed by atoms with van der Waals surface area (Å²) in [6, 6.07) is 0. The van der Waals surface area contributed by atoms with Crippen LogP contribution in [0.3, 0.4) is 0 Å². The van der Waals surface area contributed by atoms with Crippen LogP contribution < -0.4 is 0 Å². The molecule has 4 atom stereocenters. The van der Waals surface area contributed by atoms with E-state index < -0.39 is 0 Å². The summed E-state index contributed by atoms with van der Waals surface area (Å²) < 4.78 is 0. The highest BCUT2D eigenvalue weighted by Crippen LogP contribution is 2.34. The van der Waals surface area contributed by atoms with Gasteiger partial charge in [0.2, 0.25) is 0 Å². The zero-order valence-corrected chi connectivity index (χ0v) is 35.7. The number of aliphatic hydroxyl groups is 4. The van der Waals surface area contributed by atoms with E-state index in [2.05, 4.69) is 134 Å². The zero-order valence-electron chi connectivity index (χ0n) is 35.7. The highest BCUT2D eigenvalue weighted by atomic mass is 16.3. The molecule has 296 valence electrons. The van der Waals surface area contributed by atoms with Crippen molar-refractivity contribution in [3.63, 3.8) is 0 Å². The molecule has 0 saturated heterocycles. The third-order valence-electron chi connectivity index (χ3n) is 9.28. The van der Waals surface area contributed by atoms with E-state index in [9.17, 15) is 20.4 Å². The van der Waals surface area contributed by atoms with Crippen molar-refractivity contribution in [1.82, 2.24) is 0 Å². The van der Waals surface area contributed by atoms with Gasteiger partial charge in [0.05, 0.1) is 24.4 Å². The van der Waals surface area contributed by atoms with Crippen LogP contribution in [0.4, 0.5) is 0 Å². The third kappa shape index (κ3) is 20.3. The molecule has 4 saturated carbocycles. The lowest BCUT2D eigenvalue weighted by Gasteiger charge is -2.25. The fourth-order valence-corrected chi connectivity index (χ4v) is 6.82. The van der Waals surface area contributed by atoms with Crippen molar-refractivity contribution in [3.8, 4) is 0 Å². The summed E-state index contributed by atoms with van der Waals surface area (Å²) in [6.07, 6.45) is 19.3. The van der Waals surface area contributed by atoms with Crippen LogP contribution in [0.5, 0.6) is 0 Å². The highest BCUT2D eigenvalue weighted by molar-refractivity contribution is 5.36. The molecular formula is C48H80O4. The van der Waals surface area contributed by atoms with Gasteiger partial charge >= 0.3 is 0 Å². The first-order valence-corrected chi connectivity index (χ1v) is 19.9. The van der Waals surface area contributed by atoms with Crippen LogP contribution in [0.25, 0.3) is 0 Å². The molecule has 4 heteroatoms. The van der Waals surface area contributed by atoms with Gasteiger partial charge in [-0.1, -0.05) is 145 Å². The fourth-order valence-electron chi connectivity index (χ4n) is 6.82. The van der Waals surface area contributed by atoms with Crippen molar-refractivity contribution < 1.29 is 20.4 Å². The highest BCUT2D eigenvalue weighted by Gasteiger charge is 2.23. The van der Waals surface area contributed by atoms with Crippen molar-refractivity contribution in [3.05, 3.63) is 95.2 Å². The van der Waals surface area contributed by atoms with Gasteiger partial charge in [-0.05, 0) is 132 Å². The smallest absolute Gasteiger partial charge is 0.0787 e. The summed E-state index contributed by atoms with van der Waals surface area (Å²) in [6.45, 7) is 42.1. The molecule has 0 aromatic heterocycles. The molecule has 0 heterocycles. The molecule has 4 N–H and O–H groups in total. The van der Waals surface area contributed by atoms with Gasteiger partial charge in [0.1, 0.15) is 0 Å². The Kier molecular flexibility index (Phi) is 18.8. The molecule has 52 heavy (non-hydrogen) atoms. The van der Waals surface area contributed by atoms with Crippen LogP contribution in [0.1, 0.15) is 160 Å². The summed E-state index contributed by atoms with van der Waals surface area (Å²) in [5.41, 5.74) is 10.1. The second-order valence-corrected chi connectivity index (χ2v) is 20.0. The topological polar surface area (TPSA) is 80.9 Å². The van der Waals surface area contributed by atoms with Gasteiger partial charge in [-0.2, -0.15) is 0 Å². The number of rotatable bonds is 0. The van der Waals surface area contributed by atoms with Crippen LogP contribution >= 0.6 is 0 Å². The monoisotopic (exact) mass is 721 g/mol. The predicted octanol–water partition coefficient (Wildman–Crippen LogP) is 12.2. The van der Waals surface area contributed by atoms with Gasteiger partial charge in [-0.15, -0.1) is 0 Å². The maximum absolute atomic E-state index is 9.60. The van der Waals surface area contributed by atoms with Gasteiger partial charge in [-0.25, -0.2) is 0 Å². The molecule has 4 nitrogen and oxygen atoms in total. The maximum Gasteiger partial charge on any atom is 0.0787 e. The normalized spacial score (nSPS) is 28.2. The van der Waals surface area contributed by atoms with Gasteiger partial charge in [0.15, 0.2) is 0 Å². The molecule has 4 rings (SSSR count). The largest absolute Gasteiger partial charge is 0.393 e. The summed E-state index contributed by atoms with van der Waals surface area (Å²) in [5, 5.41) is 38.2. The average Bonchev–Trinajstić information content (AvgIpc) is 2.96. The van der Waals surface area contributed by atoms with Crippen molar-refractivity contribution in [2.45, 2.75) is 185 Å². The minimum atomic E-state index is -0.303. The lowest BCUT2D eigenvalue weighted by atomic mass is 9.83. The van der Waals surface area contributed by atoms with Crippen LogP contribution in [-0.2, 0) is 0 Å². The summed E-state index contributed by atoms with van der Waals surface area (Å²) in [5.74, 6) is 0. The van der Waals surface area contributed by atoms with Gasteiger partial charge in [0.25, 0.3) is 0 Å². The SMILES string of the molecule is C=C1/C(=C/C(C)(C)C)CCCC1O.C=C1/C(=C/C(C)(C)C)CCCC1O.C=C1CCC(O)C/C1=C\C(C)(C)C.C=C1CCC(O)C/C1=C\C(C)(C)C. The van der Waals surface area contributed by atoms with E-state index in [4.69, 9.17) is 0 Å². The molecule has 0 bridgehead atoms. The number of allylic oxidation sites excluding steroid dienone is 6. The van der Waals surface area contributed by atoms with Crippen molar-refractivity contribution in [2.75, 3.05) is 0 Å². The van der Waals surface area contributed by atoms with Gasteiger partial charge < -0.3 is 20.4 Å². The van der Waals surface area contributed by atoms with Crippen LogP contribution in [0.2, 0.25) is 0 Å². The molecule has 4 unspecified atom stereocenters. The molecule has 0 spiro atoms. The quantitative estimate of drug-likeness (QED) is 0.201. The number of aliphatic hydroxyl groups excluding tert-OH is 4. The number of hydrogen-bond acceptors (Lipinski definition) is 4. The van der Waals surface area contributed by atoms with Crippen LogP contribution in [0, 0.1) is 21.7 Å². The van der Waals surface area contributed by atoms with E-state index in [1.165, 1.54) is 33.4 Å². The van der Waals surface area contributed by atoms with E-state index in [1.54, 1.807) is 0 Å². The van der Waals surface area contributed by atoms with E-state index in [0.717, 1.165) is 88.2 Å². The first kappa shape index (κ1) is 47.8. The standard InChI is InChI=1S/4C12H20O/c2*1-9-5-6-11(13)7-10(9)8-12(2,3)4;2*1-9-10(8-12(2,3)4)6-5-7-11(9)13/h4*8,11,13H,1,5-7H2,2-4H3/b4*10-8+. The Bertz CT molecular complexity index is 1200. The van der Waals surface area contributed by atoms with E-state index in [0.29, 0.717) is 0 Å². The minimum Gasteiger partial charge on any atom is -0.393 e. The minimum absolute atomic E-state index is 0.154. The fraction of sp³-hybridized carbons (Fsp3) is 0.667. The number of hydrogen-bond donors (Lipinski definition) is 4. The first-order chi connectivity index (χ1) is 23.6. The molecule has 4 fully saturated rings. The maximum atomic E-state index is 9.60. The Balaban J connectivity index is 0.000000347. The van der Waals surface area contributed by atoms with Crippen molar-refractivity contribution in [1.29, 1.82) is 0 Å². The van der Waals surface area contributed by atoms with E-state index in [-0.39, 0.29) is 46.1 Å². The zero-order chi connectivity index (χ0) is 40.2. The lowest BCUT2D eigenvalue weighted by Crippen LogP contribution is -2.17. The van der Waals surface area contributed by atoms with Crippen LogP contribution in [-0.4, -0.2) is 44.8 Å². The van der Waals surface area contributed by atoms with E-state index >= 15 is 0 Å². The molecule has 0 aromatic rings. The molecule has 0 aromatic carbocycles. The van der Waals surface area contributed by atoms with Gasteiger partial charge in [-0.3, -0.25) is 0 Å². The molecular weight excluding hydrogens is 641 g/mol. The van der Waals surface area contributed by atoms with Crippen LogP contribution in [0.15, 0.2) is 95.2 Å². The Morgan fingerprint density at radius 2 is 0.692 bits per heavy atom. The summed E-state index contributed by atoms with van der Waals surface area (Å²) in [4.78, 5) is 0. The Labute approximate surface area is 321 Å². The molecule has 4 aliphatic rings. The molecule has 0 radical (unpaired) electrons. The summed E-state index contributed by atoms with van der Waals surface area (Å²) >= 11 is 0. The van der Waals surface area contributed by atoms with Crippen molar-refractivity contribution in [2.24, 2.45) is 21.7 Å². The Morgan fingerprint density at radius 3 is 0.962 bits per heavy atom. The second kappa shape index (κ2) is 20.4. The Hall–Kier alpha value is -2.24. The average molecular weight is 721 g/mol. The first-order valence-electron chi connectivity index (χ1n) is 19.9. The summed E-state index contributed by atoms with van der Waals surface area (Å²) in [7, 11) is 0. The molecule has 4 aliphatic carbocycles. The molecule has 0 aliphatic heterocycles.